The monoisotopic (exact) mass is 281 g/mol. The van der Waals surface area contributed by atoms with E-state index in [9.17, 15) is 0 Å². The Bertz CT molecular complexity index is 392. The van der Waals surface area contributed by atoms with Gasteiger partial charge in [0.1, 0.15) is 5.75 Å². The number of rotatable bonds is 8. The molecular formula is C16H24ClNO. The first kappa shape index (κ1) is 14.7. The smallest absolute Gasteiger partial charge is 0.125 e. The van der Waals surface area contributed by atoms with Crippen molar-refractivity contribution >= 4 is 11.6 Å². The summed E-state index contributed by atoms with van der Waals surface area (Å²) in [6.45, 7) is 6.05. The van der Waals surface area contributed by atoms with Crippen LogP contribution in [0, 0.1) is 13.8 Å². The highest BCUT2D eigenvalue weighted by Gasteiger charge is 2.19. The van der Waals surface area contributed by atoms with Gasteiger partial charge in [-0.1, -0.05) is 11.6 Å². The minimum atomic E-state index is 0.786. The standard InChI is InChI=1S/C16H24ClNO/c1-12-10-14(17)11-13(2)16(12)19-9-5-3-4-8-18-15-6-7-15/h10-11,15,18H,3-9H2,1-2H3. The highest BCUT2D eigenvalue weighted by Crippen LogP contribution is 2.27. The Kier molecular flexibility index (Phi) is 5.53. The molecule has 0 bridgehead atoms. The Morgan fingerprint density at radius 3 is 2.47 bits per heavy atom. The highest BCUT2D eigenvalue weighted by molar-refractivity contribution is 6.30. The van der Waals surface area contributed by atoms with E-state index in [4.69, 9.17) is 16.3 Å². The molecule has 3 heteroatoms. The van der Waals surface area contributed by atoms with Crippen molar-refractivity contribution in [3.8, 4) is 5.75 Å². The average molecular weight is 282 g/mol. The molecule has 0 aliphatic heterocycles. The van der Waals surface area contributed by atoms with Crippen LogP contribution in [0.5, 0.6) is 5.75 Å². The Hall–Kier alpha value is -0.730. The van der Waals surface area contributed by atoms with E-state index in [1.54, 1.807) is 0 Å². The largest absolute Gasteiger partial charge is 0.493 e. The van der Waals surface area contributed by atoms with E-state index in [2.05, 4.69) is 5.32 Å². The lowest BCUT2D eigenvalue weighted by Crippen LogP contribution is -2.17. The molecule has 2 nitrogen and oxygen atoms in total. The quantitative estimate of drug-likeness (QED) is 0.719. The van der Waals surface area contributed by atoms with Crippen molar-refractivity contribution in [2.45, 2.75) is 52.0 Å². The molecule has 1 saturated carbocycles. The fourth-order valence-corrected chi connectivity index (χ4v) is 2.62. The third kappa shape index (κ3) is 5.04. The van der Waals surface area contributed by atoms with Gasteiger partial charge < -0.3 is 10.1 Å². The fraction of sp³-hybridized carbons (Fsp3) is 0.625. The van der Waals surface area contributed by atoms with Crippen LogP contribution in [-0.2, 0) is 0 Å². The first-order valence-corrected chi connectivity index (χ1v) is 7.67. The summed E-state index contributed by atoms with van der Waals surface area (Å²) in [5.74, 6) is 1.00. The van der Waals surface area contributed by atoms with Crippen molar-refractivity contribution in [2.24, 2.45) is 0 Å². The molecule has 0 aromatic heterocycles. The van der Waals surface area contributed by atoms with E-state index >= 15 is 0 Å². The van der Waals surface area contributed by atoms with Gasteiger partial charge in [0.25, 0.3) is 0 Å². The number of ether oxygens (including phenoxy) is 1. The van der Waals surface area contributed by atoms with Crippen LogP contribution in [0.1, 0.15) is 43.2 Å². The van der Waals surface area contributed by atoms with Gasteiger partial charge in [-0.2, -0.15) is 0 Å². The summed E-state index contributed by atoms with van der Waals surface area (Å²) < 4.78 is 5.88. The maximum atomic E-state index is 6.01. The number of aryl methyl sites for hydroxylation is 2. The molecule has 19 heavy (non-hydrogen) atoms. The number of unbranched alkanes of at least 4 members (excludes halogenated alkanes) is 2. The van der Waals surface area contributed by atoms with E-state index in [-0.39, 0.29) is 0 Å². The number of hydrogen-bond acceptors (Lipinski definition) is 2. The molecular weight excluding hydrogens is 258 g/mol. The van der Waals surface area contributed by atoms with E-state index < -0.39 is 0 Å². The highest BCUT2D eigenvalue weighted by atomic mass is 35.5. The summed E-state index contributed by atoms with van der Waals surface area (Å²) >= 11 is 6.01. The van der Waals surface area contributed by atoms with Crippen LogP contribution in [0.15, 0.2) is 12.1 Å². The molecule has 2 rings (SSSR count). The lowest BCUT2D eigenvalue weighted by Gasteiger charge is -2.12. The molecule has 0 heterocycles. The Balaban J connectivity index is 1.62. The van der Waals surface area contributed by atoms with Gasteiger partial charge in [-0.15, -0.1) is 0 Å². The summed E-state index contributed by atoms with van der Waals surface area (Å²) in [4.78, 5) is 0. The minimum Gasteiger partial charge on any atom is -0.493 e. The van der Waals surface area contributed by atoms with Gasteiger partial charge in [0.2, 0.25) is 0 Å². The molecule has 0 radical (unpaired) electrons. The zero-order valence-electron chi connectivity index (χ0n) is 12.0. The molecule has 106 valence electrons. The van der Waals surface area contributed by atoms with E-state index in [0.717, 1.165) is 47.5 Å². The van der Waals surface area contributed by atoms with Gasteiger partial charge in [0, 0.05) is 11.1 Å². The second kappa shape index (κ2) is 7.16. The molecule has 1 N–H and O–H groups in total. The van der Waals surface area contributed by atoms with Crippen LogP contribution in [0.25, 0.3) is 0 Å². The van der Waals surface area contributed by atoms with Gasteiger partial charge in [0.15, 0.2) is 0 Å². The summed E-state index contributed by atoms with van der Waals surface area (Å²) in [5, 5.41) is 4.32. The molecule has 1 fully saturated rings. The maximum Gasteiger partial charge on any atom is 0.125 e. The van der Waals surface area contributed by atoms with Crippen molar-refractivity contribution in [1.82, 2.24) is 5.32 Å². The molecule has 0 atom stereocenters. The topological polar surface area (TPSA) is 21.3 Å². The van der Waals surface area contributed by atoms with Gasteiger partial charge in [-0.05, 0) is 75.8 Å². The Morgan fingerprint density at radius 1 is 1.16 bits per heavy atom. The van der Waals surface area contributed by atoms with Crippen LogP contribution < -0.4 is 10.1 Å². The SMILES string of the molecule is Cc1cc(Cl)cc(C)c1OCCCCCNC1CC1. The molecule has 0 spiro atoms. The normalized spacial score (nSPS) is 14.7. The molecule has 0 saturated heterocycles. The molecule has 0 unspecified atom stereocenters. The molecule has 1 aromatic rings. The molecule has 0 amide bonds. The first-order chi connectivity index (χ1) is 9.16. The zero-order valence-corrected chi connectivity index (χ0v) is 12.7. The number of benzene rings is 1. The molecule has 1 aromatic carbocycles. The van der Waals surface area contributed by atoms with Crippen LogP contribution >= 0.6 is 11.6 Å². The molecule has 1 aliphatic carbocycles. The van der Waals surface area contributed by atoms with E-state index in [1.807, 2.05) is 26.0 Å². The van der Waals surface area contributed by atoms with Crippen LogP contribution in [0.4, 0.5) is 0 Å². The van der Waals surface area contributed by atoms with Gasteiger partial charge >= 0.3 is 0 Å². The van der Waals surface area contributed by atoms with Crippen LogP contribution in [0.3, 0.4) is 0 Å². The van der Waals surface area contributed by atoms with Gasteiger partial charge in [0.05, 0.1) is 6.61 Å². The molecule has 1 aliphatic rings. The van der Waals surface area contributed by atoms with Crippen molar-refractivity contribution < 1.29 is 4.74 Å². The second-order valence-electron chi connectivity index (χ2n) is 5.51. The Morgan fingerprint density at radius 2 is 1.84 bits per heavy atom. The fourth-order valence-electron chi connectivity index (χ4n) is 2.30. The van der Waals surface area contributed by atoms with Crippen molar-refractivity contribution in [3.63, 3.8) is 0 Å². The van der Waals surface area contributed by atoms with Crippen LogP contribution in [-0.4, -0.2) is 19.2 Å². The minimum absolute atomic E-state index is 0.786. The second-order valence-corrected chi connectivity index (χ2v) is 5.94. The third-order valence-electron chi connectivity index (χ3n) is 3.50. The van der Waals surface area contributed by atoms with Gasteiger partial charge in [-0.3, -0.25) is 0 Å². The third-order valence-corrected chi connectivity index (χ3v) is 3.72. The van der Waals surface area contributed by atoms with Crippen molar-refractivity contribution in [2.75, 3.05) is 13.2 Å². The summed E-state index contributed by atoms with van der Waals surface area (Å²) in [6, 6.07) is 4.75. The Labute approximate surface area is 121 Å². The summed E-state index contributed by atoms with van der Waals surface area (Å²) in [5.41, 5.74) is 2.25. The van der Waals surface area contributed by atoms with Crippen LogP contribution in [0.2, 0.25) is 5.02 Å². The van der Waals surface area contributed by atoms with Crippen molar-refractivity contribution in [1.29, 1.82) is 0 Å². The van der Waals surface area contributed by atoms with Gasteiger partial charge in [-0.25, -0.2) is 0 Å². The predicted octanol–water partition coefficient (Wildman–Crippen LogP) is 4.26. The summed E-state index contributed by atoms with van der Waals surface area (Å²) in [6.07, 6.45) is 6.34. The van der Waals surface area contributed by atoms with E-state index in [0.29, 0.717) is 0 Å². The number of hydrogen-bond donors (Lipinski definition) is 1. The van der Waals surface area contributed by atoms with Crippen molar-refractivity contribution in [3.05, 3.63) is 28.3 Å². The average Bonchev–Trinajstić information content (AvgIpc) is 3.14. The lowest BCUT2D eigenvalue weighted by molar-refractivity contribution is 0.301. The number of nitrogens with one attached hydrogen (secondary N) is 1. The lowest BCUT2D eigenvalue weighted by atomic mass is 10.1. The summed E-state index contributed by atoms with van der Waals surface area (Å²) in [7, 11) is 0. The first-order valence-electron chi connectivity index (χ1n) is 7.30. The zero-order chi connectivity index (χ0) is 13.7. The number of halogens is 1. The van der Waals surface area contributed by atoms with E-state index in [1.165, 1.54) is 25.7 Å². The maximum absolute atomic E-state index is 6.01. The predicted molar refractivity (Wildman–Crippen MR) is 81.3 cm³/mol.